The minimum absolute atomic E-state index is 0.374. The first-order valence-electron chi connectivity index (χ1n) is 11.3. The molecule has 0 bridgehead atoms. The van der Waals surface area contributed by atoms with Crippen molar-refractivity contribution >= 4 is 34.9 Å². The van der Waals surface area contributed by atoms with E-state index in [9.17, 15) is 14.4 Å². The quantitative estimate of drug-likeness (QED) is 0.260. The van der Waals surface area contributed by atoms with Gasteiger partial charge in [-0.05, 0) is 54.1 Å². The maximum Gasteiger partial charge on any atom is 0.327 e. The number of nitrogens with zero attached hydrogens (tertiary/aromatic N) is 1. The number of allylic oxidation sites excluding steroid dienone is 1. The maximum atomic E-state index is 12.2. The third-order valence-corrected chi connectivity index (χ3v) is 5.20. The normalized spacial score (nSPS) is 12.2. The molecule has 5 N–H and O–H groups in total. The monoisotopic (exact) mass is 482 g/mol. The Morgan fingerprint density at radius 2 is 1.31 bits per heavy atom. The molecule has 0 spiro atoms. The topological polar surface area (TPSA) is 115 Å². The van der Waals surface area contributed by atoms with E-state index in [1.165, 1.54) is 5.56 Å². The van der Waals surface area contributed by atoms with Crippen molar-refractivity contribution in [3.8, 4) is 0 Å². The van der Waals surface area contributed by atoms with Crippen LogP contribution in [0.15, 0.2) is 109 Å². The Hall–Kier alpha value is -5.05. The molecule has 0 atom stereocenters. The lowest BCUT2D eigenvalue weighted by Crippen LogP contribution is -2.42. The van der Waals surface area contributed by atoms with Gasteiger partial charge in [0.25, 0.3) is 0 Å². The van der Waals surface area contributed by atoms with Gasteiger partial charge in [-0.2, -0.15) is 0 Å². The second kappa shape index (κ2) is 11.9. The zero-order valence-corrected chi connectivity index (χ0v) is 19.4. The molecule has 1 aliphatic rings. The van der Waals surface area contributed by atoms with Gasteiger partial charge in [0.15, 0.2) is 0 Å². The molecule has 0 fully saturated rings. The van der Waals surface area contributed by atoms with Gasteiger partial charge in [0, 0.05) is 36.4 Å². The minimum atomic E-state index is -0.833. The third kappa shape index (κ3) is 7.22. The highest BCUT2D eigenvalue weighted by molar-refractivity contribution is 6.35. The van der Waals surface area contributed by atoms with Gasteiger partial charge < -0.3 is 20.9 Å². The van der Waals surface area contributed by atoms with Crippen LogP contribution in [0.2, 0.25) is 0 Å². The summed E-state index contributed by atoms with van der Waals surface area (Å²) in [4.78, 5) is 38.6. The largest absolute Gasteiger partial charge is 0.369 e. The highest BCUT2D eigenvalue weighted by Gasteiger charge is 2.15. The summed E-state index contributed by atoms with van der Waals surface area (Å²) in [6.07, 6.45) is 5.49. The summed E-state index contributed by atoms with van der Waals surface area (Å²) in [6, 6.07) is 25.4. The summed E-state index contributed by atoms with van der Waals surface area (Å²) in [5.41, 5.74) is 8.57. The molecule has 0 saturated carbocycles. The van der Waals surface area contributed by atoms with Crippen molar-refractivity contribution in [2.24, 2.45) is 0 Å². The zero-order chi connectivity index (χ0) is 25.2. The van der Waals surface area contributed by atoms with Gasteiger partial charge in [0.05, 0.1) is 5.69 Å². The molecule has 4 rings (SSSR count). The molecule has 0 aromatic heterocycles. The summed E-state index contributed by atoms with van der Waals surface area (Å²) in [5, 5.41) is 8.03. The van der Waals surface area contributed by atoms with E-state index in [1.54, 1.807) is 42.5 Å². The van der Waals surface area contributed by atoms with Crippen LogP contribution in [0.5, 0.6) is 0 Å². The van der Waals surface area contributed by atoms with Gasteiger partial charge in [-0.3, -0.25) is 20.4 Å². The number of hydrogen-bond acceptors (Lipinski definition) is 5. The average molecular weight is 483 g/mol. The Labute approximate surface area is 208 Å². The Morgan fingerprint density at radius 1 is 0.694 bits per heavy atom. The van der Waals surface area contributed by atoms with Gasteiger partial charge in [0.2, 0.25) is 0 Å². The molecule has 4 amide bonds. The standard InChI is InChI=1S/C27H26N6O3/c34-25(28-23-15-17-33(18-16-23)19-20-7-3-1-4-8-20)26(35)32-31-24-13-11-22(12-14-24)30-27(36)29-21-9-5-2-6-10-21/h1-17,31H,18-19H2,(H,28,34)(H,32,35)(H2,29,30,36). The molecule has 1 heterocycles. The summed E-state index contributed by atoms with van der Waals surface area (Å²) >= 11 is 0. The number of para-hydroxylation sites is 1. The van der Waals surface area contributed by atoms with Crippen molar-refractivity contribution in [3.05, 3.63) is 115 Å². The van der Waals surface area contributed by atoms with Gasteiger partial charge in [-0.1, -0.05) is 48.5 Å². The average Bonchev–Trinajstić information content (AvgIpc) is 2.90. The molecule has 0 aliphatic carbocycles. The molecule has 36 heavy (non-hydrogen) atoms. The molecule has 0 unspecified atom stereocenters. The summed E-state index contributed by atoms with van der Waals surface area (Å²) < 4.78 is 0. The lowest BCUT2D eigenvalue weighted by atomic mass is 10.2. The van der Waals surface area contributed by atoms with Crippen molar-refractivity contribution in [1.29, 1.82) is 0 Å². The molecule has 9 nitrogen and oxygen atoms in total. The first kappa shape index (κ1) is 24.1. The van der Waals surface area contributed by atoms with E-state index in [0.717, 1.165) is 6.54 Å². The van der Waals surface area contributed by atoms with Crippen LogP contribution < -0.4 is 26.8 Å². The number of anilines is 3. The van der Waals surface area contributed by atoms with E-state index < -0.39 is 11.8 Å². The number of carbonyl (C=O) groups excluding carboxylic acids is 3. The van der Waals surface area contributed by atoms with E-state index in [2.05, 4.69) is 43.8 Å². The Kier molecular flexibility index (Phi) is 7.95. The molecule has 3 aromatic rings. The van der Waals surface area contributed by atoms with Crippen LogP contribution in [-0.4, -0.2) is 29.3 Å². The van der Waals surface area contributed by atoms with Crippen molar-refractivity contribution in [3.63, 3.8) is 0 Å². The second-order valence-corrected chi connectivity index (χ2v) is 7.95. The fraction of sp³-hybridized carbons (Fsp3) is 0.0741. The number of hydrazine groups is 1. The fourth-order valence-corrected chi connectivity index (χ4v) is 3.38. The smallest absolute Gasteiger partial charge is 0.327 e. The van der Waals surface area contributed by atoms with Crippen LogP contribution in [0.4, 0.5) is 21.9 Å². The van der Waals surface area contributed by atoms with E-state index in [0.29, 0.717) is 29.3 Å². The number of amides is 4. The van der Waals surface area contributed by atoms with Crippen molar-refractivity contribution in [2.45, 2.75) is 6.54 Å². The Bertz CT molecular complexity index is 1260. The summed E-state index contributed by atoms with van der Waals surface area (Å²) in [6.45, 7) is 1.37. The van der Waals surface area contributed by atoms with E-state index in [1.807, 2.05) is 48.7 Å². The molecule has 0 radical (unpaired) electrons. The molecular weight excluding hydrogens is 456 g/mol. The van der Waals surface area contributed by atoms with E-state index in [4.69, 9.17) is 0 Å². The predicted molar refractivity (Wildman–Crippen MR) is 140 cm³/mol. The van der Waals surface area contributed by atoms with Gasteiger partial charge in [-0.15, -0.1) is 0 Å². The number of rotatable bonds is 7. The summed E-state index contributed by atoms with van der Waals surface area (Å²) in [5.74, 6) is -1.62. The minimum Gasteiger partial charge on any atom is -0.369 e. The summed E-state index contributed by atoms with van der Waals surface area (Å²) in [7, 11) is 0. The van der Waals surface area contributed by atoms with Crippen LogP contribution in [0.25, 0.3) is 0 Å². The van der Waals surface area contributed by atoms with Crippen molar-refractivity contribution in [1.82, 2.24) is 15.6 Å². The lowest BCUT2D eigenvalue weighted by molar-refractivity contribution is -0.138. The number of hydrogen-bond donors (Lipinski definition) is 5. The first-order valence-corrected chi connectivity index (χ1v) is 11.3. The first-order chi connectivity index (χ1) is 17.5. The van der Waals surface area contributed by atoms with Crippen LogP contribution in [0.1, 0.15) is 5.56 Å². The number of benzene rings is 3. The fourth-order valence-electron chi connectivity index (χ4n) is 3.38. The predicted octanol–water partition coefficient (Wildman–Crippen LogP) is 3.80. The molecule has 1 aliphatic heterocycles. The number of nitrogens with one attached hydrogen (secondary N) is 5. The zero-order valence-electron chi connectivity index (χ0n) is 19.4. The lowest BCUT2D eigenvalue weighted by Gasteiger charge is -2.22. The molecule has 3 aromatic carbocycles. The number of carbonyl (C=O) groups is 3. The van der Waals surface area contributed by atoms with Gasteiger partial charge in [0.1, 0.15) is 0 Å². The Morgan fingerprint density at radius 3 is 1.94 bits per heavy atom. The Balaban J connectivity index is 1.18. The number of urea groups is 1. The van der Waals surface area contributed by atoms with Crippen LogP contribution >= 0.6 is 0 Å². The third-order valence-electron chi connectivity index (χ3n) is 5.20. The molecular formula is C27H26N6O3. The van der Waals surface area contributed by atoms with Gasteiger partial charge >= 0.3 is 17.8 Å². The van der Waals surface area contributed by atoms with Crippen LogP contribution in [0, 0.1) is 0 Å². The second-order valence-electron chi connectivity index (χ2n) is 7.95. The van der Waals surface area contributed by atoms with Crippen LogP contribution in [-0.2, 0) is 16.1 Å². The maximum absolute atomic E-state index is 12.2. The highest BCUT2D eigenvalue weighted by Crippen LogP contribution is 2.14. The molecule has 9 heteroatoms. The van der Waals surface area contributed by atoms with Crippen molar-refractivity contribution < 1.29 is 14.4 Å². The molecule has 0 saturated heterocycles. The van der Waals surface area contributed by atoms with Gasteiger partial charge in [-0.25, -0.2) is 4.79 Å². The van der Waals surface area contributed by atoms with Crippen LogP contribution in [0.3, 0.4) is 0 Å². The SMILES string of the molecule is O=C(Nc1ccccc1)Nc1ccc(NNC(=O)C(=O)NC2=CCN(Cc3ccccc3)C=C2)cc1. The molecule has 182 valence electrons. The highest BCUT2D eigenvalue weighted by atomic mass is 16.2. The van der Waals surface area contributed by atoms with E-state index >= 15 is 0 Å². The van der Waals surface area contributed by atoms with Crippen molar-refractivity contribution in [2.75, 3.05) is 22.6 Å². The van der Waals surface area contributed by atoms with E-state index in [-0.39, 0.29) is 6.03 Å².